The zero-order valence-electron chi connectivity index (χ0n) is 17.9. The van der Waals surface area contributed by atoms with Crippen LogP contribution in [0.15, 0.2) is 67.4 Å². The molecule has 1 unspecified atom stereocenters. The van der Waals surface area contributed by atoms with E-state index in [1.54, 1.807) is 68.0 Å². The summed E-state index contributed by atoms with van der Waals surface area (Å²) < 4.78 is 14.2. The predicted octanol–water partition coefficient (Wildman–Crippen LogP) is 2.93. The fraction of sp³-hybridized carbons (Fsp3) is 0.182. The molecule has 0 spiro atoms. The Bertz CT molecular complexity index is 1180. The highest BCUT2D eigenvalue weighted by molar-refractivity contribution is 5.91. The molecule has 2 N–H and O–H groups in total. The Labute approximate surface area is 184 Å². The summed E-state index contributed by atoms with van der Waals surface area (Å²) in [6, 6.07) is 9.73. The molecule has 0 aliphatic carbocycles. The zero-order valence-corrected chi connectivity index (χ0v) is 17.9. The Hall–Kier alpha value is -4.34. The number of aromatic nitrogens is 5. The Balaban J connectivity index is 1.65. The van der Waals surface area contributed by atoms with Gasteiger partial charge in [-0.3, -0.25) is 0 Å². The van der Waals surface area contributed by atoms with Gasteiger partial charge in [-0.05, 0) is 35.9 Å². The summed E-state index contributed by atoms with van der Waals surface area (Å²) in [5.74, 6) is 2.36. The number of rotatable bonds is 7. The molecular formula is C22H23N7O3. The van der Waals surface area contributed by atoms with Crippen LogP contribution in [0.4, 0.5) is 10.5 Å². The third-order valence-corrected chi connectivity index (χ3v) is 4.86. The molecule has 10 heteroatoms. The number of carbonyl (C=O) groups excluding carboxylic acids is 1. The van der Waals surface area contributed by atoms with Gasteiger partial charge in [-0.2, -0.15) is 5.10 Å². The number of aryl methyl sites for hydroxylation is 1. The summed E-state index contributed by atoms with van der Waals surface area (Å²) in [6.07, 6.45) is 8.53. The molecule has 3 heterocycles. The molecule has 0 saturated heterocycles. The first-order valence-corrected chi connectivity index (χ1v) is 9.81. The summed E-state index contributed by atoms with van der Waals surface area (Å²) in [5, 5.41) is 10.1. The van der Waals surface area contributed by atoms with Gasteiger partial charge in [0, 0.05) is 44.1 Å². The molecule has 0 fully saturated rings. The van der Waals surface area contributed by atoms with Crippen molar-refractivity contribution in [2.45, 2.75) is 6.04 Å². The largest absolute Gasteiger partial charge is 0.497 e. The van der Waals surface area contributed by atoms with Gasteiger partial charge in [0.25, 0.3) is 0 Å². The van der Waals surface area contributed by atoms with E-state index < -0.39 is 12.1 Å². The van der Waals surface area contributed by atoms with Crippen molar-refractivity contribution >= 4 is 11.7 Å². The van der Waals surface area contributed by atoms with E-state index in [4.69, 9.17) is 9.47 Å². The van der Waals surface area contributed by atoms with E-state index in [2.05, 4.69) is 25.7 Å². The zero-order chi connectivity index (χ0) is 22.5. The first-order chi connectivity index (χ1) is 15.6. The highest BCUT2D eigenvalue weighted by Gasteiger charge is 2.23. The van der Waals surface area contributed by atoms with E-state index in [0.29, 0.717) is 28.8 Å². The van der Waals surface area contributed by atoms with E-state index in [9.17, 15) is 4.79 Å². The van der Waals surface area contributed by atoms with Crippen LogP contribution in [-0.4, -0.2) is 44.6 Å². The molecule has 3 aromatic heterocycles. The van der Waals surface area contributed by atoms with Gasteiger partial charge in [-0.1, -0.05) is 0 Å². The van der Waals surface area contributed by atoms with Gasteiger partial charge in [0.1, 0.15) is 23.4 Å². The lowest BCUT2D eigenvalue weighted by molar-refractivity contribution is 0.249. The Morgan fingerprint density at radius 2 is 1.78 bits per heavy atom. The number of benzene rings is 1. The lowest BCUT2D eigenvalue weighted by Crippen LogP contribution is -2.35. The van der Waals surface area contributed by atoms with Gasteiger partial charge < -0.3 is 24.7 Å². The molecule has 1 atom stereocenters. The minimum absolute atomic E-state index is 0.429. The maximum absolute atomic E-state index is 13.1. The Kier molecular flexibility index (Phi) is 6.02. The molecular weight excluding hydrogens is 410 g/mol. The number of pyridine rings is 1. The molecule has 0 bridgehead atoms. The van der Waals surface area contributed by atoms with Crippen molar-refractivity contribution in [3.8, 4) is 17.3 Å². The van der Waals surface area contributed by atoms with Crippen LogP contribution in [0, 0.1) is 0 Å². The van der Waals surface area contributed by atoms with Gasteiger partial charge in [-0.15, -0.1) is 0 Å². The minimum atomic E-state index is -0.566. The van der Waals surface area contributed by atoms with Gasteiger partial charge in [0.15, 0.2) is 5.82 Å². The van der Waals surface area contributed by atoms with Gasteiger partial charge in [-0.25, -0.2) is 19.4 Å². The molecule has 0 aliphatic rings. The number of hydrogen-bond acceptors (Lipinski definition) is 6. The first-order valence-electron chi connectivity index (χ1n) is 9.81. The number of nitrogens with one attached hydrogen (secondary N) is 2. The number of urea groups is 1. The summed E-state index contributed by atoms with van der Waals surface area (Å²) in [6.45, 7) is 0. The Morgan fingerprint density at radius 1 is 1.00 bits per heavy atom. The second-order valence-electron chi connectivity index (χ2n) is 6.90. The second kappa shape index (κ2) is 9.21. The number of nitrogens with zero attached hydrogens (tertiary/aromatic N) is 5. The summed E-state index contributed by atoms with van der Waals surface area (Å²) in [4.78, 5) is 21.8. The average Bonchev–Trinajstić information content (AvgIpc) is 3.49. The summed E-state index contributed by atoms with van der Waals surface area (Å²) in [7, 11) is 5.02. The van der Waals surface area contributed by atoms with E-state index in [1.807, 2.05) is 29.9 Å². The topological polar surface area (TPSA) is 108 Å². The molecule has 4 rings (SSSR count). The highest BCUT2D eigenvalue weighted by Crippen LogP contribution is 2.29. The third kappa shape index (κ3) is 4.38. The van der Waals surface area contributed by atoms with Crippen LogP contribution in [0.2, 0.25) is 0 Å². The molecule has 1 aromatic carbocycles. The summed E-state index contributed by atoms with van der Waals surface area (Å²) >= 11 is 0. The van der Waals surface area contributed by atoms with Crippen molar-refractivity contribution in [3.63, 3.8) is 0 Å². The van der Waals surface area contributed by atoms with Crippen LogP contribution in [0.25, 0.3) is 5.82 Å². The fourth-order valence-corrected chi connectivity index (χ4v) is 3.31. The van der Waals surface area contributed by atoms with Crippen LogP contribution in [0.5, 0.6) is 11.5 Å². The van der Waals surface area contributed by atoms with Crippen molar-refractivity contribution in [2.75, 3.05) is 19.5 Å². The van der Waals surface area contributed by atoms with Crippen molar-refractivity contribution < 1.29 is 14.3 Å². The van der Waals surface area contributed by atoms with Gasteiger partial charge >= 0.3 is 6.03 Å². The highest BCUT2D eigenvalue weighted by atomic mass is 16.5. The van der Waals surface area contributed by atoms with E-state index in [-0.39, 0.29) is 0 Å². The first kappa shape index (κ1) is 20.9. The molecule has 10 nitrogen and oxygen atoms in total. The van der Waals surface area contributed by atoms with Crippen molar-refractivity contribution in [3.05, 3.63) is 78.8 Å². The standard InChI is InChI=1S/C22H23N7O3/c1-28-11-9-24-21(28)19(15-12-16(31-2)14-17(13-15)32-3)27-22(30)26-18-6-4-7-23-20(18)29-10-5-8-25-29/h4-14,19H,1-3H3,(H2,26,27,30). The maximum Gasteiger partial charge on any atom is 0.320 e. The van der Waals surface area contributed by atoms with E-state index >= 15 is 0 Å². The van der Waals surface area contributed by atoms with Crippen molar-refractivity contribution in [1.29, 1.82) is 0 Å². The minimum Gasteiger partial charge on any atom is -0.497 e. The normalized spacial score (nSPS) is 11.6. The number of ether oxygens (including phenoxy) is 2. The predicted molar refractivity (Wildman–Crippen MR) is 118 cm³/mol. The summed E-state index contributed by atoms with van der Waals surface area (Å²) in [5.41, 5.74) is 1.26. The number of methoxy groups -OCH3 is 2. The number of hydrogen-bond donors (Lipinski definition) is 2. The number of imidazole rings is 1. The molecule has 0 aliphatic heterocycles. The van der Waals surface area contributed by atoms with Crippen molar-refractivity contribution in [2.24, 2.45) is 7.05 Å². The number of amides is 2. The van der Waals surface area contributed by atoms with Crippen LogP contribution < -0.4 is 20.1 Å². The van der Waals surface area contributed by atoms with E-state index in [1.165, 1.54) is 0 Å². The molecule has 4 aromatic rings. The molecule has 0 radical (unpaired) electrons. The van der Waals surface area contributed by atoms with Crippen LogP contribution in [0.3, 0.4) is 0 Å². The van der Waals surface area contributed by atoms with Crippen LogP contribution >= 0.6 is 0 Å². The lowest BCUT2D eigenvalue weighted by atomic mass is 10.1. The number of anilines is 1. The Morgan fingerprint density at radius 3 is 2.41 bits per heavy atom. The second-order valence-corrected chi connectivity index (χ2v) is 6.90. The monoisotopic (exact) mass is 433 g/mol. The molecule has 164 valence electrons. The number of carbonyl (C=O) groups is 1. The van der Waals surface area contributed by atoms with Crippen LogP contribution in [-0.2, 0) is 7.05 Å². The van der Waals surface area contributed by atoms with Gasteiger partial charge in [0.05, 0.1) is 19.9 Å². The molecule has 0 saturated carbocycles. The average molecular weight is 433 g/mol. The van der Waals surface area contributed by atoms with Crippen LogP contribution in [0.1, 0.15) is 17.4 Å². The maximum atomic E-state index is 13.1. The van der Waals surface area contributed by atoms with Crippen molar-refractivity contribution in [1.82, 2.24) is 29.6 Å². The SMILES string of the molecule is COc1cc(OC)cc(C(NC(=O)Nc2cccnc2-n2cccn2)c2nccn2C)c1. The third-order valence-electron chi connectivity index (χ3n) is 4.86. The quantitative estimate of drug-likeness (QED) is 0.464. The van der Waals surface area contributed by atoms with E-state index in [0.717, 1.165) is 5.56 Å². The smallest absolute Gasteiger partial charge is 0.320 e. The van der Waals surface area contributed by atoms with Gasteiger partial charge in [0.2, 0.25) is 0 Å². The lowest BCUT2D eigenvalue weighted by Gasteiger charge is -2.21. The fourth-order valence-electron chi connectivity index (χ4n) is 3.31. The molecule has 32 heavy (non-hydrogen) atoms. The molecule has 2 amide bonds.